The minimum Gasteiger partial charge on any atom is -0.392 e. The standard InChI is InChI=1S/C12H10ClNO/c13-11-7-14-6-10(8-15)12(11)9-4-2-1-3-5-9/h1-7,15H,8H2. The van der Waals surface area contributed by atoms with Gasteiger partial charge in [0.2, 0.25) is 0 Å². The number of halogens is 1. The number of hydrogen-bond acceptors (Lipinski definition) is 2. The van der Waals surface area contributed by atoms with Crippen molar-refractivity contribution in [3.63, 3.8) is 0 Å². The van der Waals surface area contributed by atoms with Crippen molar-refractivity contribution in [3.8, 4) is 11.1 Å². The number of aromatic nitrogens is 1. The monoisotopic (exact) mass is 219 g/mol. The molecule has 0 spiro atoms. The maximum atomic E-state index is 9.21. The van der Waals surface area contributed by atoms with Crippen molar-refractivity contribution in [1.29, 1.82) is 0 Å². The van der Waals surface area contributed by atoms with E-state index in [9.17, 15) is 5.11 Å². The summed E-state index contributed by atoms with van der Waals surface area (Å²) in [5.41, 5.74) is 2.59. The van der Waals surface area contributed by atoms with E-state index in [1.807, 2.05) is 30.3 Å². The third kappa shape index (κ3) is 2.01. The van der Waals surface area contributed by atoms with E-state index in [2.05, 4.69) is 4.98 Å². The summed E-state index contributed by atoms with van der Waals surface area (Å²) in [5.74, 6) is 0. The topological polar surface area (TPSA) is 33.1 Å². The molecule has 15 heavy (non-hydrogen) atoms. The lowest BCUT2D eigenvalue weighted by Crippen LogP contribution is -1.92. The van der Waals surface area contributed by atoms with Gasteiger partial charge in [-0.25, -0.2) is 0 Å². The van der Waals surface area contributed by atoms with Gasteiger partial charge in [0, 0.05) is 23.5 Å². The number of hydrogen-bond donors (Lipinski definition) is 1. The molecule has 2 aromatic rings. The van der Waals surface area contributed by atoms with Crippen molar-refractivity contribution in [1.82, 2.24) is 4.98 Å². The molecule has 0 atom stereocenters. The van der Waals surface area contributed by atoms with Crippen molar-refractivity contribution in [2.24, 2.45) is 0 Å². The zero-order chi connectivity index (χ0) is 10.7. The Bertz CT molecular complexity index is 456. The average Bonchev–Trinajstić information content (AvgIpc) is 2.29. The van der Waals surface area contributed by atoms with Crippen LogP contribution in [-0.2, 0) is 6.61 Å². The third-order valence-corrected chi connectivity index (χ3v) is 2.50. The Hall–Kier alpha value is -1.38. The molecule has 0 saturated carbocycles. The molecule has 1 aromatic carbocycles. The fourth-order valence-corrected chi connectivity index (χ4v) is 1.81. The van der Waals surface area contributed by atoms with Crippen molar-refractivity contribution < 1.29 is 5.11 Å². The van der Waals surface area contributed by atoms with E-state index < -0.39 is 0 Å². The molecule has 0 aliphatic carbocycles. The van der Waals surface area contributed by atoms with Crippen LogP contribution in [0.3, 0.4) is 0 Å². The van der Waals surface area contributed by atoms with Gasteiger partial charge < -0.3 is 5.11 Å². The van der Waals surface area contributed by atoms with Gasteiger partial charge in [-0.3, -0.25) is 4.98 Å². The average molecular weight is 220 g/mol. The van der Waals surface area contributed by atoms with E-state index in [1.54, 1.807) is 12.4 Å². The highest BCUT2D eigenvalue weighted by Crippen LogP contribution is 2.30. The Morgan fingerprint density at radius 3 is 2.53 bits per heavy atom. The van der Waals surface area contributed by atoms with Gasteiger partial charge in [-0.15, -0.1) is 0 Å². The summed E-state index contributed by atoms with van der Waals surface area (Å²) < 4.78 is 0. The molecule has 1 aromatic heterocycles. The van der Waals surface area contributed by atoms with E-state index in [-0.39, 0.29) is 6.61 Å². The molecule has 3 heteroatoms. The van der Waals surface area contributed by atoms with E-state index in [4.69, 9.17) is 11.6 Å². The Labute approximate surface area is 93.2 Å². The fraction of sp³-hybridized carbons (Fsp3) is 0.0833. The van der Waals surface area contributed by atoms with Gasteiger partial charge in [0.15, 0.2) is 0 Å². The van der Waals surface area contributed by atoms with Crippen LogP contribution in [0.25, 0.3) is 11.1 Å². The molecule has 1 N–H and O–H groups in total. The zero-order valence-corrected chi connectivity index (χ0v) is 8.78. The molecular formula is C12H10ClNO. The molecule has 0 radical (unpaired) electrons. The summed E-state index contributed by atoms with van der Waals surface area (Å²) >= 11 is 6.07. The van der Waals surface area contributed by atoms with Crippen molar-refractivity contribution in [2.45, 2.75) is 6.61 Å². The van der Waals surface area contributed by atoms with Gasteiger partial charge in [0.1, 0.15) is 0 Å². The molecule has 0 amide bonds. The smallest absolute Gasteiger partial charge is 0.0703 e. The quantitative estimate of drug-likeness (QED) is 0.843. The van der Waals surface area contributed by atoms with Crippen LogP contribution in [0.1, 0.15) is 5.56 Å². The SMILES string of the molecule is OCc1cncc(Cl)c1-c1ccccc1. The Morgan fingerprint density at radius 2 is 1.87 bits per heavy atom. The van der Waals surface area contributed by atoms with Crippen LogP contribution in [-0.4, -0.2) is 10.1 Å². The van der Waals surface area contributed by atoms with E-state index in [1.165, 1.54) is 0 Å². The van der Waals surface area contributed by atoms with Crippen LogP contribution in [0.15, 0.2) is 42.7 Å². The molecule has 0 aliphatic rings. The van der Waals surface area contributed by atoms with Gasteiger partial charge in [0.25, 0.3) is 0 Å². The van der Waals surface area contributed by atoms with Crippen LogP contribution in [0, 0.1) is 0 Å². The maximum absolute atomic E-state index is 9.21. The first-order chi connectivity index (χ1) is 7.33. The first kappa shape index (κ1) is 10.1. The molecule has 1 heterocycles. The van der Waals surface area contributed by atoms with Crippen LogP contribution in [0.5, 0.6) is 0 Å². The minimum absolute atomic E-state index is 0.0578. The maximum Gasteiger partial charge on any atom is 0.0703 e. The molecule has 0 fully saturated rings. The highest BCUT2D eigenvalue weighted by molar-refractivity contribution is 6.33. The molecule has 0 saturated heterocycles. The number of pyridine rings is 1. The summed E-state index contributed by atoms with van der Waals surface area (Å²) in [7, 11) is 0. The lowest BCUT2D eigenvalue weighted by atomic mass is 10.0. The largest absolute Gasteiger partial charge is 0.392 e. The Morgan fingerprint density at radius 1 is 1.13 bits per heavy atom. The first-order valence-electron chi connectivity index (χ1n) is 4.61. The highest BCUT2D eigenvalue weighted by atomic mass is 35.5. The fourth-order valence-electron chi connectivity index (χ4n) is 1.52. The second-order valence-corrected chi connectivity index (χ2v) is 3.59. The van der Waals surface area contributed by atoms with Crippen LogP contribution in [0.2, 0.25) is 5.02 Å². The second kappa shape index (κ2) is 4.43. The Balaban J connectivity index is 2.61. The third-order valence-electron chi connectivity index (χ3n) is 2.21. The Kier molecular flexibility index (Phi) is 2.99. The van der Waals surface area contributed by atoms with Gasteiger partial charge >= 0.3 is 0 Å². The second-order valence-electron chi connectivity index (χ2n) is 3.18. The van der Waals surface area contributed by atoms with Gasteiger partial charge in [0.05, 0.1) is 11.6 Å². The number of aliphatic hydroxyl groups excluding tert-OH is 1. The van der Waals surface area contributed by atoms with Gasteiger partial charge in [-0.2, -0.15) is 0 Å². The lowest BCUT2D eigenvalue weighted by molar-refractivity contribution is 0.282. The van der Waals surface area contributed by atoms with Crippen LogP contribution < -0.4 is 0 Å². The summed E-state index contributed by atoms with van der Waals surface area (Å²) in [5, 5.41) is 9.77. The predicted molar refractivity (Wildman–Crippen MR) is 60.6 cm³/mol. The molecule has 0 unspecified atom stereocenters. The van der Waals surface area contributed by atoms with Crippen LogP contribution in [0.4, 0.5) is 0 Å². The summed E-state index contributed by atoms with van der Waals surface area (Å²) in [4.78, 5) is 3.95. The van der Waals surface area contributed by atoms with Gasteiger partial charge in [-0.1, -0.05) is 41.9 Å². The number of nitrogens with zero attached hydrogens (tertiary/aromatic N) is 1. The van der Waals surface area contributed by atoms with Crippen LogP contribution >= 0.6 is 11.6 Å². The number of benzene rings is 1. The lowest BCUT2D eigenvalue weighted by Gasteiger charge is -2.08. The molecule has 76 valence electrons. The van der Waals surface area contributed by atoms with Crippen molar-refractivity contribution in [2.75, 3.05) is 0 Å². The minimum atomic E-state index is -0.0578. The normalized spacial score (nSPS) is 10.3. The van der Waals surface area contributed by atoms with Gasteiger partial charge in [-0.05, 0) is 5.56 Å². The number of rotatable bonds is 2. The van der Waals surface area contributed by atoms with E-state index in [0.29, 0.717) is 5.02 Å². The molecule has 2 nitrogen and oxygen atoms in total. The molecule has 0 aliphatic heterocycles. The first-order valence-corrected chi connectivity index (χ1v) is 4.99. The summed E-state index contributed by atoms with van der Waals surface area (Å²) in [6.07, 6.45) is 3.22. The predicted octanol–water partition coefficient (Wildman–Crippen LogP) is 2.89. The van der Waals surface area contributed by atoms with Crippen molar-refractivity contribution in [3.05, 3.63) is 53.3 Å². The van der Waals surface area contributed by atoms with Crippen molar-refractivity contribution >= 4 is 11.6 Å². The highest BCUT2D eigenvalue weighted by Gasteiger charge is 2.08. The van der Waals surface area contributed by atoms with E-state index >= 15 is 0 Å². The summed E-state index contributed by atoms with van der Waals surface area (Å²) in [6.45, 7) is -0.0578. The number of aliphatic hydroxyl groups is 1. The molecule has 0 bridgehead atoms. The molecular weight excluding hydrogens is 210 g/mol. The zero-order valence-electron chi connectivity index (χ0n) is 8.02. The summed E-state index contributed by atoms with van der Waals surface area (Å²) in [6, 6.07) is 9.73. The molecule has 2 rings (SSSR count). The van der Waals surface area contributed by atoms with E-state index in [0.717, 1.165) is 16.7 Å².